The van der Waals surface area contributed by atoms with Gasteiger partial charge in [0.05, 0.1) is 7.11 Å². The maximum atomic E-state index is 5.62. The molecule has 0 amide bonds. The number of nitrogens with one attached hydrogen (secondary N) is 2. The molecule has 1 aliphatic heterocycles. The number of hydrogen-bond donors (Lipinski definition) is 2. The number of guanidine groups is 1. The molecule has 1 aliphatic rings. The molecule has 0 aliphatic carbocycles. The molecule has 0 aromatic heterocycles. The van der Waals surface area contributed by atoms with Crippen LogP contribution in [0.1, 0.15) is 44.6 Å². The number of nitrogens with zero attached hydrogens (tertiary/aromatic N) is 1. The first-order chi connectivity index (χ1) is 12.2. The molecule has 0 spiro atoms. The van der Waals surface area contributed by atoms with E-state index in [1.807, 2.05) is 19.2 Å². The number of rotatable bonds is 8. The highest BCUT2D eigenvalue weighted by molar-refractivity contribution is 5.79. The molecule has 0 saturated carbocycles. The number of unbranched alkanes of at least 4 members (excludes halogenated alkanes) is 2. The van der Waals surface area contributed by atoms with E-state index in [2.05, 4.69) is 34.7 Å². The van der Waals surface area contributed by atoms with Crippen LogP contribution in [-0.4, -0.2) is 46.4 Å². The largest absolute Gasteiger partial charge is 0.497 e. The molecule has 140 valence electrons. The van der Waals surface area contributed by atoms with Crippen LogP contribution in [0.2, 0.25) is 0 Å². The molecule has 0 radical (unpaired) electrons. The van der Waals surface area contributed by atoms with E-state index in [0.717, 1.165) is 50.9 Å². The molecule has 1 aromatic rings. The van der Waals surface area contributed by atoms with Crippen molar-refractivity contribution in [3.05, 3.63) is 29.8 Å². The quantitative estimate of drug-likeness (QED) is 0.431. The van der Waals surface area contributed by atoms with Crippen molar-refractivity contribution in [1.29, 1.82) is 0 Å². The fraction of sp³-hybridized carbons (Fsp3) is 0.650. The third-order valence-corrected chi connectivity index (χ3v) is 5.04. The summed E-state index contributed by atoms with van der Waals surface area (Å²) in [7, 11) is 3.54. The lowest BCUT2D eigenvalue weighted by molar-refractivity contribution is 0.0513. The van der Waals surface area contributed by atoms with E-state index in [1.165, 1.54) is 24.8 Å². The molecule has 5 heteroatoms. The molecular weight excluding hydrogens is 314 g/mol. The first kappa shape index (κ1) is 19.6. The minimum absolute atomic E-state index is 0.0750. The summed E-state index contributed by atoms with van der Waals surface area (Å²) in [6, 6.07) is 8.46. The first-order valence-electron chi connectivity index (χ1n) is 9.41. The molecule has 2 N–H and O–H groups in total. The van der Waals surface area contributed by atoms with Crippen molar-refractivity contribution in [1.82, 2.24) is 10.6 Å². The zero-order valence-electron chi connectivity index (χ0n) is 15.9. The topological polar surface area (TPSA) is 54.9 Å². The molecule has 0 bridgehead atoms. The van der Waals surface area contributed by atoms with E-state index in [1.54, 1.807) is 7.11 Å². The minimum Gasteiger partial charge on any atom is -0.497 e. The molecule has 0 atom stereocenters. The van der Waals surface area contributed by atoms with Crippen molar-refractivity contribution in [2.24, 2.45) is 4.99 Å². The zero-order valence-corrected chi connectivity index (χ0v) is 15.9. The van der Waals surface area contributed by atoms with Crippen LogP contribution in [0.25, 0.3) is 0 Å². The van der Waals surface area contributed by atoms with Gasteiger partial charge in [-0.1, -0.05) is 31.9 Å². The van der Waals surface area contributed by atoms with Crippen LogP contribution in [0.5, 0.6) is 5.75 Å². The van der Waals surface area contributed by atoms with Gasteiger partial charge < -0.3 is 20.1 Å². The summed E-state index contributed by atoms with van der Waals surface area (Å²) in [5, 5.41) is 6.95. The van der Waals surface area contributed by atoms with Crippen molar-refractivity contribution < 1.29 is 9.47 Å². The first-order valence-corrected chi connectivity index (χ1v) is 9.41. The Morgan fingerprint density at radius 3 is 2.48 bits per heavy atom. The molecular formula is C20H33N3O2. The summed E-state index contributed by atoms with van der Waals surface area (Å²) in [4.78, 5) is 4.37. The fourth-order valence-corrected chi connectivity index (χ4v) is 3.33. The average molecular weight is 348 g/mol. The molecule has 1 aromatic carbocycles. The summed E-state index contributed by atoms with van der Waals surface area (Å²) in [5.41, 5.74) is 1.41. The van der Waals surface area contributed by atoms with Gasteiger partial charge in [0.15, 0.2) is 5.96 Å². The molecule has 1 heterocycles. The smallest absolute Gasteiger partial charge is 0.191 e. The predicted octanol–water partition coefficient (Wildman–Crippen LogP) is 3.10. The van der Waals surface area contributed by atoms with Gasteiger partial charge in [0.1, 0.15) is 5.75 Å². The Morgan fingerprint density at radius 1 is 1.16 bits per heavy atom. The zero-order chi connectivity index (χ0) is 18.0. The Balaban J connectivity index is 2.01. The number of benzene rings is 1. The predicted molar refractivity (Wildman–Crippen MR) is 104 cm³/mol. The lowest BCUT2D eigenvalue weighted by Crippen LogP contribution is -2.48. The average Bonchev–Trinajstić information content (AvgIpc) is 2.68. The third kappa shape index (κ3) is 5.63. The second-order valence-corrected chi connectivity index (χ2v) is 6.68. The molecule has 5 nitrogen and oxygen atoms in total. The van der Waals surface area contributed by atoms with Gasteiger partial charge >= 0.3 is 0 Å². The van der Waals surface area contributed by atoms with Crippen LogP contribution < -0.4 is 15.4 Å². The molecule has 0 unspecified atom stereocenters. The van der Waals surface area contributed by atoms with E-state index in [-0.39, 0.29) is 5.41 Å². The van der Waals surface area contributed by atoms with E-state index >= 15 is 0 Å². The van der Waals surface area contributed by atoms with E-state index < -0.39 is 0 Å². The van der Waals surface area contributed by atoms with Crippen molar-refractivity contribution in [2.75, 3.05) is 40.5 Å². The van der Waals surface area contributed by atoms with E-state index in [4.69, 9.17) is 9.47 Å². The Hall–Kier alpha value is -1.75. The van der Waals surface area contributed by atoms with Gasteiger partial charge in [0, 0.05) is 38.8 Å². The van der Waals surface area contributed by atoms with Crippen LogP contribution in [-0.2, 0) is 10.2 Å². The van der Waals surface area contributed by atoms with Crippen LogP contribution in [0.15, 0.2) is 29.3 Å². The van der Waals surface area contributed by atoms with Crippen LogP contribution in [0.4, 0.5) is 0 Å². The summed E-state index contributed by atoms with van der Waals surface area (Å²) in [5.74, 6) is 1.78. The van der Waals surface area contributed by atoms with E-state index in [0.29, 0.717) is 0 Å². The molecule has 1 saturated heterocycles. The maximum Gasteiger partial charge on any atom is 0.191 e. The fourth-order valence-electron chi connectivity index (χ4n) is 3.33. The standard InChI is InChI=1S/C20H33N3O2/c1-4-5-6-13-22-19(21-2)23-16-20(11-14-25-15-12-20)17-7-9-18(24-3)10-8-17/h7-10H,4-6,11-16H2,1-3H3,(H2,21,22,23). The normalized spacial score (nSPS) is 17.2. The van der Waals surface area contributed by atoms with Crippen LogP contribution >= 0.6 is 0 Å². The lowest BCUT2D eigenvalue weighted by Gasteiger charge is -2.38. The second-order valence-electron chi connectivity index (χ2n) is 6.68. The van der Waals surface area contributed by atoms with Gasteiger partial charge in [-0.25, -0.2) is 0 Å². The Kier molecular flexibility index (Phi) is 8.06. The summed E-state index contributed by atoms with van der Waals surface area (Å²) < 4.78 is 10.9. The van der Waals surface area contributed by atoms with Crippen molar-refractivity contribution in [3.8, 4) is 5.75 Å². The summed E-state index contributed by atoms with van der Waals surface area (Å²) in [6.45, 7) is 5.64. The van der Waals surface area contributed by atoms with Crippen molar-refractivity contribution >= 4 is 5.96 Å². The van der Waals surface area contributed by atoms with E-state index in [9.17, 15) is 0 Å². The van der Waals surface area contributed by atoms with Gasteiger partial charge in [-0.2, -0.15) is 0 Å². The SMILES string of the molecule is CCCCCNC(=NC)NCC1(c2ccc(OC)cc2)CCOCC1. The maximum absolute atomic E-state index is 5.62. The van der Waals surface area contributed by atoms with Crippen LogP contribution in [0, 0.1) is 0 Å². The van der Waals surface area contributed by atoms with Crippen molar-refractivity contribution in [2.45, 2.75) is 44.4 Å². The Labute approximate surface area is 152 Å². The van der Waals surface area contributed by atoms with Gasteiger partial charge in [-0.05, 0) is 37.0 Å². The number of methoxy groups -OCH3 is 1. The monoisotopic (exact) mass is 347 g/mol. The summed E-state index contributed by atoms with van der Waals surface area (Å²) >= 11 is 0. The third-order valence-electron chi connectivity index (χ3n) is 5.04. The van der Waals surface area contributed by atoms with Gasteiger partial charge in [-0.3, -0.25) is 4.99 Å². The second kappa shape index (κ2) is 10.3. The van der Waals surface area contributed by atoms with Crippen LogP contribution in [0.3, 0.4) is 0 Å². The number of aliphatic imine (C=N–C) groups is 1. The highest BCUT2D eigenvalue weighted by atomic mass is 16.5. The van der Waals surface area contributed by atoms with Gasteiger partial charge in [0.2, 0.25) is 0 Å². The van der Waals surface area contributed by atoms with Gasteiger partial charge in [-0.15, -0.1) is 0 Å². The highest BCUT2D eigenvalue weighted by Gasteiger charge is 2.34. The Morgan fingerprint density at radius 2 is 1.88 bits per heavy atom. The van der Waals surface area contributed by atoms with Crippen molar-refractivity contribution in [3.63, 3.8) is 0 Å². The number of hydrogen-bond acceptors (Lipinski definition) is 3. The lowest BCUT2D eigenvalue weighted by atomic mass is 9.74. The molecule has 1 fully saturated rings. The minimum atomic E-state index is 0.0750. The molecule has 2 rings (SSSR count). The van der Waals surface area contributed by atoms with Gasteiger partial charge in [0.25, 0.3) is 0 Å². The number of ether oxygens (including phenoxy) is 2. The summed E-state index contributed by atoms with van der Waals surface area (Å²) in [6.07, 6.45) is 5.68. The molecule has 25 heavy (non-hydrogen) atoms. The Bertz CT molecular complexity index is 522. The highest BCUT2D eigenvalue weighted by Crippen LogP contribution is 2.35.